The minimum Gasteiger partial charge on any atom is -0.454 e. The van der Waals surface area contributed by atoms with Crippen molar-refractivity contribution in [3.05, 3.63) is 53.2 Å². The van der Waals surface area contributed by atoms with Gasteiger partial charge in [-0.1, -0.05) is 0 Å². The van der Waals surface area contributed by atoms with E-state index in [1.807, 2.05) is 32.2 Å². The molecule has 21 heavy (non-hydrogen) atoms. The summed E-state index contributed by atoms with van der Waals surface area (Å²) >= 11 is 0. The highest BCUT2D eigenvalue weighted by atomic mass is 16.4. The number of amides is 1. The molecule has 6 nitrogen and oxygen atoms in total. The summed E-state index contributed by atoms with van der Waals surface area (Å²) in [6.45, 7) is 3.36. The summed E-state index contributed by atoms with van der Waals surface area (Å²) in [4.78, 5) is 17.6. The van der Waals surface area contributed by atoms with E-state index >= 15 is 0 Å². The second-order valence-electron chi connectivity index (χ2n) is 5.04. The first-order valence-corrected chi connectivity index (χ1v) is 6.78. The first kappa shape index (κ1) is 15.2. The van der Waals surface area contributed by atoms with Crippen molar-refractivity contribution in [3.8, 4) is 0 Å². The zero-order chi connectivity index (χ0) is 15.2. The SMILES string of the molecule is Cc1cc(CN(C)CCc2ccncc2)oc1C(=O)NN. The highest BCUT2D eigenvalue weighted by molar-refractivity contribution is 5.92. The molecule has 2 aromatic heterocycles. The first-order chi connectivity index (χ1) is 10.1. The molecule has 0 atom stereocenters. The Morgan fingerprint density at radius 2 is 2.14 bits per heavy atom. The van der Waals surface area contributed by atoms with Crippen LogP contribution in [0.4, 0.5) is 0 Å². The number of carbonyl (C=O) groups is 1. The molecule has 0 aliphatic carbocycles. The van der Waals surface area contributed by atoms with Gasteiger partial charge < -0.3 is 4.42 Å². The molecule has 2 heterocycles. The number of aromatic nitrogens is 1. The summed E-state index contributed by atoms with van der Waals surface area (Å²) in [5.41, 5.74) is 4.12. The molecular formula is C15H20N4O2. The smallest absolute Gasteiger partial charge is 0.301 e. The topological polar surface area (TPSA) is 84.4 Å². The van der Waals surface area contributed by atoms with Gasteiger partial charge in [0.1, 0.15) is 5.76 Å². The molecule has 0 fully saturated rings. The van der Waals surface area contributed by atoms with Gasteiger partial charge in [-0.2, -0.15) is 0 Å². The second kappa shape index (κ2) is 7.01. The summed E-state index contributed by atoms with van der Waals surface area (Å²) in [5.74, 6) is 5.74. The minimum absolute atomic E-state index is 0.273. The molecule has 0 aliphatic heterocycles. The predicted octanol–water partition coefficient (Wildman–Crippen LogP) is 1.26. The van der Waals surface area contributed by atoms with Crippen molar-refractivity contribution in [2.24, 2.45) is 5.84 Å². The molecule has 0 unspecified atom stereocenters. The number of hydrazine groups is 1. The number of aryl methyl sites for hydroxylation is 1. The number of likely N-dealkylation sites (N-methyl/N-ethyl adjacent to an activating group) is 1. The van der Waals surface area contributed by atoms with Crippen LogP contribution in [0.3, 0.4) is 0 Å². The summed E-state index contributed by atoms with van der Waals surface area (Å²) in [5, 5.41) is 0. The predicted molar refractivity (Wildman–Crippen MR) is 79.4 cm³/mol. The fourth-order valence-corrected chi connectivity index (χ4v) is 2.13. The van der Waals surface area contributed by atoms with Gasteiger partial charge in [0.15, 0.2) is 5.76 Å². The normalized spacial score (nSPS) is 10.9. The van der Waals surface area contributed by atoms with Gasteiger partial charge in [-0.3, -0.25) is 20.1 Å². The fourth-order valence-electron chi connectivity index (χ4n) is 2.13. The Hall–Kier alpha value is -2.18. The van der Waals surface area contributed by atoms with Gasteiger partial charge >= 0.3 is 5.91 Å². The van der Waals surface area contributed by atoms with Crippen LogP contribution in [-0.2, 0) is 13.0 Å². The van der Waals surface area contributed by atoms with E-state index in [1.165, 1.54) is 5.56 Å². The van der Waals surface area contributed by atoms with E-state index in [-0.39, 0.29) is 5.76 Å². The van der Waals surface area contributed by atoms with Crippen LogP contribution >= 0.6 is 0 Å². The Morgan fingerprint density at radius 3 is 2.81 bits per heavy atom. The lowest BCUT2D eigenvalue weighted by Gasteiger charge is -2.14. The lowest BCUT2D eigenvalue weighted by Crippen LogP contribution is -2.30. The number of pyridine rings is 1. The van der Waals surface area contributed by atoms with Crippen LogP contribution < -0.4 is 11.3 Å². The van der Waals surface area contributed by atoms with Gasteiger partial charge in [0.25, 0.3) is 0 Å². The van der Waals surface area contributed by atoms with Gasteiger partial charge in [-0.25, -0.2) is 5.84 Å². The molecule has 0 bridgehead atoms. The standard InChI is InChI=1S/C15H20N4O2/c1-11-9-13(21-14(11)15(20)18-16)10-19(2)8-5-12-3-6-17-7-4-12/h3-4,6-7,9H,5,8,10,16H2,1-2H3,(H,18,20). The number of nitrogens with zero attached hydrogens (tertiary/aromatic N) is 2. The monoisotopic (exact) mass is 288 g/mol. The van der Waals surface area contributed by atoms with Gasteiger partial charge in [0, 0.05) is 24.5 Å². The molecule has 2 rings (SSSR count). The number of rotatable bonds is 6. The molecule has 112 valence electrons. The summed E-state index contributed by atoms with van der Waals surface area (Å²) < 4.78 is 5.55. The molecule has 1 amide bonds. The molecule has 0 aliphatic rings. The van der Waals surface area contributed by atoms with Gasteiger partial charge in [0.2, 0.25) is 0 Å². The number of nitrogens with one attached hydrogen (secondary N) is 1. The van der Waals surface area contributed by atoms with Crippen molar-refractivity contribution in [2.75, 3.05) is 13.6 Å². The molecule has 6 heteroatoms. The summed E-state index contributed by atoms with van der Waals surface area (Å²) in [6.07, 6.45) is 4.53. The van der Waals surface area contributed by atoms with E-state index in [2.05, 4.69) is 15.3 Å². The average Bonchev–Trinajstić information content (AvgIpc) is 2.86. The Bertz CT molecular complexity index is 595. The number of nitrogens with two attached hydrogens (primary N) is 1. The van der Waals surface area contributed by atoms with Crippen molar-refractivity contribution in [1.82, 2.24) is 15.3 Å². The van der Waals surface area contributed by atoms with Crippen LogP contribution in [0.5, 0.6) is 0 Å². The highest BCUT2D eigenvalue weighted by Crippen LogP contribution is 2.16. The second-order valence-corrected chi connectivity index (χ2v) is 5.04. The highest BCUT2D eigenvalue weighted by Gasteiger charge is 2.15. The summed E-state index contributed by atoms with van der Waals surface area (Å²) in [7, 11) is 2.02. The maximum atomic E-state index is 11.5. The number of hydrogen-bond acceptors (Lipinski definition) is 5. The van der Waals surface area contributed by atoms with Crippen molar-refractivity contribution in [1.29, 1.82) is 0 Å². The zero-order valence-corrected chi connectivity index (χ0v) is 12.3. The van der Waals surface area contributed by atoms with Crippen LogP contribution in [0.2, 0.25) is 0 Å². The lowest BCUT2D eigenvalue weighted by atomic mass is 10.2. The quantitative estimate of drug-likeness (QED) is 0.475. The van der Waals surface area contributed by atoms with Crippen molar-refractivity contribution in [3.63, 3.8) is 0 Å². The fraction of sp³-hybridized carbons (Fsp3) is 0.333. The third-order valence-corrected chi connectivity index (χ3v) is 3.26. The molecule has 0 saturated heterocycles. The number of hydrogen-bond donors (Lipinski definition) is 2. The van der Waals surface area contributed by atoms with Gasteiger partial charge in [-0.05, 0) is 44.2 Å². The van der Waals surface area contributed by atoms with Crippen molar-refractivity contribution in [2.45, 2.75) is 19.9 Å². The zero-order valence-electron chi connectivity index (χ0n) is 12.3. The number of furan rings is 1. The van der Waals surface area contributed by atoms with Crippen LogP contribution in [-0.4, -0.2) is 29.4 Å². The van der Waals surface area contributed by atoms with Crippen molar-refractivity contribution < 1.29 is 9.21 Å². The average molecular weight is 288 g/mol. The number of carbonyl (C=O) groups excluding carboxylic acids is 1. The number of nitrogen functional groups attached to an aromatic ring is 1. The Morgan fingerprint density at radius 1 is 1.43 bits per heavy atom. The Labute approximate surface area is 123 Å². The Balaban J connectivity index is 1.91. The van der Waals surface area contributed by atoms with E-state index in [4.69, 9.17) is 10.3 Å². The van der Waals surface area contributed by atoms with Gasteiger partial charge in [0.05, 0.1) is 6.54 Å². The lowest BCUT2D eigenvalue weighted by molar-refractivity contribution is 0.0921. The van der Waals surface area contributed by atoms with Gasteiger partial charge in [-0.15, -0.1) is 0 Å². The van der Waals surface area contributed by atoms with E-state index in [1.54, 1.807) is 12.4 Å². The maximum Gasteiger partial charge on any atom is 0.301 e. The summed E-state index contributed by atoms with van der Waals surface area (Å²) in [6, 6.07) is 5.89. The van der Waals surface area contributed by atoms with Crippen molar-refractivity contribution >= 4 is 5.91 Å². The van der Waals surface area contributed by atoms with E-state index in [9.17, 15) is 4.79 Å². The van der Waals surface area contributed by atoms with Crippen LogP contribution in [0.1, 0.15) is 27.4 Å². The molecule has 2 aromatic rings. The maximum absolute atomic E-state index is 11.5. The van der Waals surface area contributed by atoms with Crippen LogP contribution in [0, 0.1) is 6.92 Å². The van der Waals surface area contributed by atoms with E-state index < -0.39 is 5.91 Å². The van der Waals surface area contributed by atoms with E-state index in [0.29, 0.717) is 6.54 Å². The van der Waals surface area contributed by atoms with Crippen LogP contribution in [0.15, 0.2) is 35.0 Å². The molecular weight excluding hydrogens is 268 g/mol. The van der Waals surface area contributed by atoms with Crippen LogP contribution in [0.25, 0.3) is 0 Å². The molecule has 0 radical (unpaired) electrons. The molecule has 0 spiro atoms. The first-order valence-electron chi connectivity index (χ1n) is 6.78. The molecule has 0 aromatic carbocycles. The third-order valence-electron chi connectivity index (χ3n) is 3.26. The molecule has 3 N–H and O–H groups in total. The largest absolute Gasteiger partial charge is 0.454 e. The van der Waals surface area contributed by atoms with E-state index in [0.717, 1.165) is 24.3 Å². The Kier molecular flexibility index (Phi) is 5.08. The minimum atomic E-state index is -0.404. The molecule has 0 saturated carbocycles. The third kappa shape index (κ3) is 4.14.